The molecular weight excluding hydrogens is 342 g/mol. The molecule has 0 radical (unpaired) electrons. The van der Waals surface area contributed by atoms with Crippen molar-refractivity contribution in [2.24, 2.45) is 17.6 Å². The molecular formula is C20H31N5O2. The Bertz CT molecular complexity index is 676. The molecule has 7 heteroatoms. The van der Waals surface area contributed by atoms with Crippen LogP contribution in [0, 0.1) is 11.8 Å². The fourth-order valence-corrected chi connectivity index (χ4v) is 4.62. The lowest BCUT2D eigenvalue weighted by Crippen LogP contribution is -2.47. The summed E-state index contributed by atoms with van der Waals surface area (Å²) < 4.78 is 2.32. The molecule has 0 aromatic carbocycles. The van der Waals surface area contributed by atoms with Gasteiger partial charge >= 0.3 is 0 Å². The summed E-state index contributed by atoms with van der Waals surface area (Å²) in [5.74, 6) is 2.42. The zero-order valence-electron chi connectivity index (χ0n) is 16.1. The zero-order valence-corrected chi connectivity index (χ0v) is 16.1. The molecule has 3 aliphatic rings. The summed E-state index contributed by atoms with van der Waals surface area (Å²) in [6.07, 6.45) is 10.5. The van der Waals surface area contributed by atoms with Gasteiger partial charge < -0.3 is 15.2 Å². The van der Waals surface area contributed by atoms with E-state index in [0.717, 1.165) is 70.1 Å². The maximum Gasteiger partial charge on any atom is 0.231 e. The second-order valence-electron chi connectivity index (χ2n) is 8.52. The molecule has 148 valence electrons. The van der Waals surface area contributed by atoms with E-state index < -0.39 is 0 Å². The van der Waals surface area contributed by atoms with Crippen LogP contribution in [0.2, 0.25) is 0 Å². The minimum absolute atomic E-state index is 0.0825. The Morgan fingerprint density at radius 3 is 2.59 bits per heavy atom. The largest absolute Gasteiger partial charge is 0.369 e. The molecule has 1 atom stereocenters. The molecule has 1 aromatic rings. The number of likely N-dealkylation sites (tertiary alicyclic amines) is 2. The van der Waals surface area contributed by atoms with Crippen LogP contribution in [0.15, 0.2) is 12.4 Å². The lowest BCUT2D eigenvalue weighted by molar-refractivity contribution is -0.138. The van der Waals surface area contributed by atoms with Crippen LogP contribution < -0.4 is 5.73 Å². The topological polar surface area (TPSA) is 84.5 Å². The zero-order chi connectivity index (χ0) is 18.8. The van der Waals surface area contributed by atoms with Gasteiger partial charge in [0.15, 0.2) is 0 Å². The minimum Gasteiger partial charge on any atom is -0.369 e. The third-order valence-electron chi connectivity index (χ3n) is 6.31. The quantitative estimate of drug-likeness (QED) is 0.812. The Hall–Kier alpha value is -1.89. The molecule has 1 aliphatic carbocycles. The number of carbonyl (C=O) groups is 2. The molecule has 1 saturated carbocycles. The van der Waals surface area contributed by atoms with Gasteiger partial charge in [0.2, 0.25) is 11.8 Å². The molecule has 4 rings (SSSR count). The first kappa shape index (κ1) is 18.5. The van der Waals surface area contributed by atoms with Gasteiger partial charge in [-0.25, -0.2) is 4.98 Å². The average Bonchev–Trinajstić information content (AvgIpc) is 3.36. The van der Waals surface area contributed by atoms with Crippen LogP contribution in [0.25, 0.3) is 0 Å². The summed E-state index contributed by atoms with van der Waals surface area (Å²) in [6, 6.07) is 0. The van der Waals surface area contributed by atoms with Crippen LogP contribution in [0.4, 0.5) is 0 Å². The van der Waals surface area contributed by atoms with Crippen molar-refractivity contribution in [1.82, 2.24) is 19.4 Å². The number of rotatable bonds is 6. The summed E-state index contributed by atoms with van der Waals surface area (Å²) >= 11 is 0. The third-order valence-corrected chi connectivity index (χ3v) is 6.31. The summed E-state index contributed by atoms with van der Waals surface area (Å²) in [7, 11) is 0. The first-order valence-corrected chi connectivity index (χ1v) is 10.4. The molecule has 1 unspecified atom stereocenters. The monoisotopic (exact) mass is 373 g/mol. The van der Waals surface area contributed by atoms with Crippen molar-refractivity contribution in [1.29, 1.82) is 0 Å². The molecule has 2 N–H and O–H groups in total. The Kier molecular flexibility index (Phi) is 5.48. The number of hydrogen-bond acceptors (Lipinski definition) is 4. The molecule has 0 spiro atoms. The van der Waals surface area contributed by atoms with Crippen molar-refractivity contribution in [3.63, 3.8) is 0 Å². The minimum atomic E-state index is -0.291. The standard InChI is InChI=1S/C20H31N5O2/c21-18(26)14-23-9-5-16(6-10-23)20(27)25-8-1-2-17(13-25)19-22-7-11-24(19)12-15-3-4-15/h7,11,15-17H,1-6,8-10,12-14H2,(H2,21,26). The van der Waals surface area contributed by atoms with Gasteiger partial charge in [-0.3, -0.25) is 14.5 Å². The number of nitrogens with zero attached hydrogens (tertiary/aromatic N) is 4. The van der Waals surface area contributed by atoms with E-state index in [-0.39, 0.29) is 11.8 Å². The van der Waals surface area contributed by atoms with E-state index in [1.54, 1.807) is 0 Å². The molecule has 27 heavy (non-hydrogen) atoms. The fraction of sp³-hybridized carbons (Fsp3) is 0.750. The van der Waals surface area contributed by atoms with Gasteiger partial charge in [0.1, 0.15) is 5.82 Å². The summed E-state index contributed by atoms with van der Waals surface area (Å²) in [4.78, 5) is 32.9. The van der Waals surface area contributed by atoms with E-state index in [1.165, 1.54) is 12.8 Å². The van der Waals surface area contributed by atoms with Gasteiger partial charge in [0.25, 0.3) is 0 Å². The van der Waals surface area contributed by atoms with Crippen molar-refractivity contribution in [2.45, 2.75) is 51.0 Å². The highest BCUT2D eigenvalue weighted by Gasteiger charge is 2.33. The number of imidazole rings is 1. The molecule has 2 amide bonds. The second-order valence-corrected chi connectivity index (χ2v) is 8.52. The van der Waals surface area contributed by atoms with Gasteiger partial charge in [-0.15, -0.1) is 0 Å². The molecule has 1 aromatic heterocycles. The molecule has 3 heterocycles. The van der Waals surface area contributed by atoms with E-state index in [9.17, 15) is 9.59 Å². The number of aromatic nitrogens is 2. The summed E-state index contributed by atoms with van der Waals surface area (Å²) in [5, 5.41) is 0. The SMILES string of the molecule is NC(=O)CN1CCC(C(=O)N2CCCC(c3nccn3CC3CC3)C2)CC1. The fourth-order valence-electron chi connectivity index (χ4n) is 4.62. The van der Waals surface area contributed by atoms with E-state index in [4.69, 9.17) is 5.73 Å². The number of hydrogen-bond donors (Lipinski definition) is 1. The number of amides is 2. The molecule has 3 fully saturated rings. The van der Waals surface area contributed by atoms with Gasteiger partial charge in [-0.2, -0.15) is 0 Å². The highest BCUT2D eigenvalue weighted by atomic mass is 16.2. The van der Waals surface area contributed by atoms with E-state index in [2.05, 4.69) is 25.5 Å². The molecule has 2 saturated heterocycles. The van der Waals surface area contributed by atoms with Gasteiger partial charge in [0.05, 0.1) is 6.54 Å². The van der Waals surface area contributed by atoms with E-state index >= 15 is 0 Å². The highest BCUT2D eigenvalue weighted by Crippen LogP contribution is 2.33. The molecule has 7 nitrogen and oxygen atoms in total. The molecule has 2 aliphatic heterocycles. The third kappa shape index (κ3) is 4.51. The van der Waals surface area contributed by atoms with Crippen molar-refractivity contribution in [3.05, 3.63) is 18.2 Å². The Morgan fingerprint density at radius 2 is 1.89 bits per heavy atom. The van der Waals surface area contributed by atoms with E-state index in [0.29, 0.717) is 18.4 Å². The van der Waals surface area contributed by atoms with Crippen LogP contribution in [0.1, 0.15) is 50.3 Å². The molecule has 0 bridgehead atoms. The van der Waals surface area contributed by atoms with Crippen molar-refractivity contribution >= 4 is 11.8 Å². The lowest BCUT2D eigenvalue weighted by Gasteiger charge is -2.37. The van der Waals surface area contributed by atoms with Crippen LogP contribution in [-0.2, 0) is 16.1 Å². The first-order chi connectivity index (χ1) is 13.1. The average molecular weight is 374 g/mol. The normalized spacial score (nSPS) is 24.9. The maximum atomic E-state index is 13.1. The number of carbonyl (C=O) groups excluding carboxylic acids is 2. The van der Waals surface area contributed by atoms with Crippen molar-refractivity contribution < 1.29 is 9.59 Å². The van der Waals surface area contributed by atoms with Crippen LogP contribution in [0.5, 0.6) is 0 Å². The summed E-state index contributed by atoms with van der Waals surface area (Å²) in [5.41, 5.74) is 5.28. The Balaban J connectivity index is 1.33. The van der Waals surface area contributed by atoms with Crippen LogP contribution in [0.3, 0.4) is 0 Å². The number of primary amides is 1. The van der Waals surface area contributed by atoms with E-state index in [1.807, 2.05) is 6.20 Å². The highest BCUT2D eigenvalue weighted by molar-refractivity contribution is 5.79. The van der Waals surface area contributed by atoms with Crippen molar-refractivity contribution in [3.8, 4) is 0 Å². The van der Waals surface area contributed by atoms with Crippen LogP contribution >= 0.6 is 0 Å². The summed E-state index contributed by atoms with van der Waals surface area (Å²) in [6.45, 7) is 4.60. The first-order valence-electron chi connectivity index (χ1n) is 10.4. The predicted molar refractivity (Wildman–Crippen MR) is 102 cm³/mol. The van der Waals surface area contributed by atoms with Crippen molar-refractivity contribution in [2.75, 3.05) is 32.7 Å². The Morgan fingerprint density at radius 1 is 1.11 bits per heavy atom. The Labute approximate surface area is 160 Å². The van der Waals surface area contributed by atoms with Gasteiger partial charge in [-0.05, 0) is 57.5 Å². The van der Waals surface area contributed by atoms with Gasteiger partial charge in [0, 0.05) is 43.9 Å². The predicted octanol–water partition coefficient (Wildman–Crippen LogP) is 1.20. The van der Waals surface area contributed by atoms with Gasteiger partial charge in [-0.1, -0.05) is 0 Å². The van der Waals surface area contributed by atoms with Crippen LogP contribution in [-0.4, -0.2) is 63.9 Å². The number of nitrogens with two attached hydrogens (primary N) is 1. The lowest BCUT2D eigenvalue weighted by atomic mass is 9.92. The second kappa shape index (κ2) is 8.00. The smallest absolute Gasteiger partial charge is 0.231 e. The number of piperidine rings is 2. The maximum absolute atomic E-state index is 13.1.